The zero-order chi connectivity index (χ0) is 15.9. The molecule has 2 N–H and O–H groups in total. The quantitative estimate of drug-likeness (QED) is 0.738. The molecule has 2 aromatic carbocycles. The van der Waals surface area contributed by atoms with Gasteiger partial charge in [0.05, 0.1) is 6.04 Å². The second-order valence-corrected chi connectivity index (χ2v) is 6.15. The summed E-state index contributed by atoms with van der Waals surface area (Å²) in [5, 5.41) is 7.31. The van der Waals surface area contributed by atoms with Crippen LogP contribution in [0.2, 0.25) is 0 Å². The summed E-state index contributed by atoms with van der Waals surface area (Å²) in [7, 11) is 0. The molecule has 0 fully saturated rings. The molecule has 0 aliphatic carbocycles. The molecular formula is C19H24N2S. The van der Waals surface area contributed by atoms with Crippen molar-refractivity contribution in [3.8, 4) is 0 Å². The average molecular weight is 312 g/mol. The molecule has 0 aliphatic rings. The smallest absolute Gasteiger partial charge is 0.171 e. The molecule has 0 saturated carbocycles. The van der Waals surface area contributed by atoms with Gasteiger partial charge in [0.2, 0.25) is 0 Å². The van der Waals surface area contributed by atoms with Gasteiger partial charge in [-0.25, -0.2) is 0 Å². The van der Waals surface area contributed by atoms with Crippen LogP contribution in [0.5, 0.6) is 0 Å². The van der Waals surface area contributed by atoms with Crippen molar-refractivity contribution in [2.45, 2.75) is 39.2 Å². The van der Waals surface area contributed by atoms with Gasteiger partial charge in [-0.05, 0) is 47.8 Å². The van der Waals surface area contributed by atoms with E-state index in [0.717, 1.165) is 12.1 Å². The van der Waals surface area contributed by atoms with Crippen LogP contribution < -0.4 is 10.6 Å². The molecule has 2 nitrogen and oxygen atoms in total. The van der Waals surface area contributed by atoms with E-state index >= 15 is 0 Å². The molecule has 1 unspecified atom stereocenters. The van der Waals surface area contributed by atoms with Gasteiger partial charge in [0, 0.05) is 5.69 Å². The van der Waals surface area contributed by atoms with Crippen LogP contribution in [-0.2, 0) is 0 Å². The molecule has 0 aromatic heterocycles. The zero-order valence-electron chi connectivity index (χ0n) is 13.5. The summed E-state index contributed by atoms with van der Waals surface area (Å²) < 4.78 is 0. The van der Waals surface area contributed by atoms with E-state index in [9.17, 15) is 0 Å². The van der Waals surface area contributed by atoms with Crippen molar-refractivity contribution in [3.05, 3.63) is 65.7 Å². The Balaban J connectivity index is 1.97. The number of thiocarbonyl (C=S) groups is 1. The van der Waals surface area contributed by atoms with Crippen molar-refractivity contribution in [1.82, 2.24) is 5.32 Å². The fourth-order valence-corrected chi connectivity index (χ4v) is 2.64. The van der Waals surface area contributed by atoms with Crippen LogP contribution >= 0.6 is 12.2 Å². The van der Waals surface area contributed by atoms with Gasteiger partial charge in [-0.2, -0.15) is 0 Å². The molecular weight excluding hydrogens is 288 g/mol. The Kier molecular flexibility index (Phi) is 5.96. The highest BCUT2D eigenvalue weighted by molar-refractivity contribution is 7.80. The maximum absolute atomic E-state index is 5.44. The van der Waals surface area contributed by atoms with E-state index in [0.29, 0.717) is 11.0 Å². The molecule has 0 aliphatic heterocycles. The summed E-state index contributed by atoms with van der Waals surface area (Å²) in [6.07, 6.45) is 0.984. The number of anilines is 1. The minimum absolute atomic E-state index is 0.233. The van der Waals surface area contributed by atoms with Gasteiger partial charge in [0.25, 0.3) is 0 Å². The number of rotatable bonds is 5. The fraction of sp³-hybridized carbons (Fsp3) is 0.316. The molecule has 3 heteroatoms. The minimum atomic E-state index is 0.233. The summed E-state index contributed by atoms with van der Waals surface area (Å²) in [6, 6.07) is 19.1. The molecule has 0 bridgehead atoms. The third-order valence-corrected chi connectivity index (χ3v) is 3.97. The topological polar surface area (TPSA) is 24.1 Å². The highest BCUT2D eigenvalue weighted by atomic mass is 32.1. The third-order valence-electron chi connectivity index (χ3n) is 3.75. The molecule has 22 heavy (non-hydrogen) atoms. The normalized spacial score (nSPS) is 12.0. The van der Waals surface area contributed by atoms with Gasteiger partial charge in [-0.15, -0.1) is 0 Å². The van der Waals surface area contributed by atoms with Gasteiger partial charge >= 0.3 is 0 Å². The zero-order valence-corrected chi connectivity index (χ0v) is 14.3. The summed E-state index contributed by atoms with van der Waals surface area (Å²) in [6.45, 7) is 6.55. The molecule has 0 heterocycles. The highest BCUT2D eigenvalue weighted by Gasteiger charge is 2.10. The summed E-state index contributed by atoms with van der Waals surface area (Å²) in [5.41, 5.74) is 3.61. The van der Waals surface area contributed by atoms with Crippen LogP contribution in [0.25, 0.3) is 0 Å². The van der Waals surface area contributed by atoms with Gasteiger partial charge in [0.1, 0.15) is 0 Å². The van der Waals surface area contributed by atoms with E-state index in [1.807, 2.05) is 6.07 Å². The third kappa shape index (κ3) is 4.57. The predicted octanol–water partition coefficient (Wildman–Crippen LogP) is 5.25. The lowest BCUT2D eigenvalue weighted by molar-refractivity contribution is 0.629. The molecule has 116 valence electrons. The van der Waals surface area contributed by atoms with E-state index in [1.54, 1.807) is 0 Å². The van der Waals surface area contributed by atoms with Gasteiger partial charge in [-0.1, -0.05) is 63.2 Å². The fourth-order valence-electron chi connectivity index (χ4n) is 2.38. The van der Waals surface area contributed by atoms with Crippen LogP contribution in [0.3, 0.4) is 0 Å². The monoisotopic (exact) mass is 312 g/mol. The van der Waals surface area contributed by atoms with Gasteiger partial charge in [-0.3, -0.25) is 0 Å². The molecule has 2 rings (SSSR count). The average Bonchev–Trinajstić information content (AvgIpc) is 2.54. The summed E-state index contributed by atoms with van der Waals surface area (Å²) in [5.74, 6) is 0.543. The van der Waals surface area contributed by atoms with Crippen LogP contribution in [0.1, 0.15) is 50.3 Å². The highest BCUT2D eigenvalue weighted by Crippen LogP contribution is 2.18. The van der Waals surface area contributed by atoms with E-state index < -0.39 is 0 Å². The maximum atomic E-state index is 5.44. The molecule has 2 aromatic rings. The summed E-state index contributed by atoms with van der Waals surface area (Å²) in [4.78, 5) is 0. The Morgan fingerprint density at radius 1 is 0.955 bits per heavy atom. The van der Waals surface area contributed by atoms with Crippen molar-refractivity contribution in [3.63, 3.8) is 0 Å². The Morgan fingerprint density at radius 2 is 1.59 bits per heavy atom. The van der Waals surface area contributed by atoms with Gasteiger partial charge in [0.15, 0.2) is 5.11 Å². The second-order valence-electron chi connectivity index (χ2n) is 5.75. The maximum Gasteiger partial charge on any atom is 0.171 e. The molecule has 0 spiro atoms. The Hall–Kier alpha value is -1.87. The van der Waals surface area contributed by atoms with Gasteiger partial charge < -0.3 is 10.6 Å². The lowest BCUT2D eigenvalue weighted by atomic mass is 10.0. The minimum Gasteiger partial charge on any atom is -0.356 e. The first kappa shape index (κ1) is 16.5. The number of nitrogens with one attached hydrogen (secondary N) is 2. The van der Waals surface area contributed by atoms with Crippen LogP contribution in [0.4, 0.5) is 5.69 Å². The van der Waals surface area contributed by atoms with Crippen molar-refractivity contribution in [1.29, 1.82) is 0 Å². The number of hydrogen-bond donors (Lipinski definition) is 2. The van der Waals surface area contributed by atoms with E-state index in [4.69, 9.17) is 12.2 Å². The lowest BCUT2D eigenvalue weighted by Crippen LogP contribution is -2.32. The standard InChI is InChI=1S/C19H24N2S/c1-4-18(16-8-6-5-7-9-16)21-19(22)20-17-12-10-15(11-13-17)14(2)3/h5-14,18H,4H2,1-3H3,(H2,20,21,22). The lowest BCUT2D eigenvalue weighted by Gasteiger charge is -2.20. The summed E-state index contributed by atoms with van der Waals surface area (Å²) >= 11 is 5.44. The predicted molar refractivity (Wildman–Crippen MR) is 99.4 cm³/mol. The first-order valence-corrected chi connectivity index (χ1v) is 8.23. The van der Waals surface area contributed by atoms with E-state index in [1.165, 1.54) is 11.1 Å². The van der Waals surface area contributed by atoms with Crippen LogP contribution in [0, 0.1) is 0 Å². The Morgan fingerprint density at radius 3 is 2.14 bits per heavy atom. The van der Waals surface area contributed by atoms with E-state index in [-0.39, 0.29) is 6.04 Å². The van der Waals surface area contributed by atoms with Crippen molar-refractivity contribution in [2.24, 2.45) is 0 Å². The molecule has 1 atom stereocenters. The second kappa shape index (κ2) is 7.95. The van der Waals surface area contributed by atoms with Crippen LogP contribution in [0.15, 0.2) is 54.6 Å². The van der Waals surface area contributed by atoms with Crippen LogP contribution in [-0.4, -0.2) is 5.11 Å². The first-order valence-electron chi connectivity index (χ1n) is 7.82. The SMILES string of the molecule is CCC(NC(=S)Nc1ccc(C(C)C)cc1)c1ccccc1. The van der Waals surface area contributed by atoms with Crippen molar-refractivity contribution in [2.75, 3.05) is 5.32 Å². The largest absolute Gasteiger partial charge is 0.356 e. The van der Waals surface area contributed by atoms with Crippen molar-refractivity contribution < 1.29 is 0 Å². The molecule has 0 radical (unpaired) electrons. The number of hydrogen-bond acceptors (Lipinski definition) is 1. The van der Waals surface area contributed by atoms with E-state index in [2.05, 4.69) is 79.9 Å². The Bertz CT molecular complexity index is 591. The first-order chi connectivity index (χ1) is 10.6. The Labute approximate surface area is 139 Å². The van der Waals surface area contributed by atoms with Crippen molar-refractivity contribution >= 4 is 23.0 Å². The molecule has 0 amide bonds. The number of benzene rings is 2. The molecule has 0 saturated heterocycles.